The van der Waals surface area contributed by atoms with Crippen LogP contribution in [0.25, 0.3) is 0 Å². The van der Waals surface area contributed by atoms with Gasteiger partial charge >= 0.3 is 0 Å². The van der Waals surface area contributed by atoms with Gasteiger partial charge in [0.2, 0.25) is 0 Å². The number of hydrogen-bond acceptors (Lipinski definition) is 5. The Bertz CT molecular complexity index is 484. The van der Waals surface area contributed by atoms with E-state index in [9.17, 15) is 14.9 Å². The fraction of sp³-hybridized carbons (Fsp3) is 0.462. The number of benzene rings is 1. The van der Waals surface area contributed by atoms with Gasteiger partial charge in [0.05, 0.1) is 4.92 Å². The minimum absolute atomic E-state index is 0.0291. The molecule has 0 atom stereocenters. The van der Waals surface area contributed by atoms with E-state index in [0.29, 0.717) is 30.8 Å². The van der Waals surface area contributed by atoms with Crippen LogP contribution in [0.5, 0.6) is 0 Å². The summed E-state index contributed by atoms with van der Waals surface area (Å²) in [5, 5.41) is 11.1. The number of nitro benzene ring substituents is 1. The molecule has 19 heavy (non-hydrogen) atoms. The number of anilines is 1. The maximum absolute atomic E-state index is 11.1. The second-order valence-electron chi connectivity index (χ2n) is 4.58. The zero-order chi connectivity index (χ0) is 13.8. The highest BCUT2D eigenvalue weighted by atomic mass is 16.6. The summed E-state index contributed by atoms with van der Waals surface area (Å²) in [6, 6.07) is 4.79. The third kappa shape index (κ3) is 2.90. The molecule has 0 aliphatic carbocycles. The molecular formula is C13H16N2O4. The Labute approximate surface area is 111 Å². The maximum Gasteiger partial charge on any atom is 0.293 e. The molecule has 0 bridgehead atoms. The molecule has 0 radical (unpaired) electrons. The molecule has 1 fully saturated rings. The SMILES string of the molecule is CN(c1ccc(C=O)cc1[N+](=O)[O-])C1CCOCC1. The highest BCUT2D eigenvalue weighted by molar-refractivity contribution is 5.79. The smallest absolute Gasteiger partial charge is 0.293 e. The molecule has 0 unspecified atom stereocenters. The Hall–Kier alpha value is -1.95. The molecule has 1 heterocycles. The van der Waals surface area contributed by atoms with Crippen LogP contribution in [0.15, 0.2) is 18.2 Å². The lowest BCUT2D eigenvalue weighted by molar-refractivity contribution is -0.384. The number of nitro groups is 1. The minimum atomic E-state index is -0.446. The van der Waals surface area contributed by atoms with Gasteiger partial charge in [-0.25, -0.2) is 0 Å². The van der Waals surface area contributed by atoms with Crippen LogP contribution < -0.4 is 4.90 Å². The van der Waals surface area contributed by atoms with Crippen molar-refractivity contribution < 1.29 is 14.5 Å². The van der Waals surface area contributed by atoms with Crippen LogP contribution in [0, 0.1) is 10.1 Å². The van der Waals surface area contributed by atoms with Crippen LogP contribution in [0.1, 0.15) is 23.2 Å². The second-order valence-corrected chi connectivity index (χ2v) is 4.58. The van der Waals surface area contributed by atoms with Crippen molar-refractivity contribution in [3.05, 3.63) is 33.9 Å². The van der Waals surface area contributed by atoms with Crippen molar-refractivity contribution in [1.29, 1.82) is 0 Å². The monoisotopic (exact) mass is 264 g/mol. The number of hydrogen-bond donors (Lipinski definition) is 0. The van der Waals surface area contributed by atoms with Gasteiger partial charge in [-0.15, -0.1) is 0 Å². The number of aldehydes is 1. The molecule has 6 heteroatoms. The standard InChI is InChI=1S/C13H16N2O4/c1-14(11-4-6-19-7-5-11)12-3-2-10(9-16)8-13(12)15(17)18/h2-3,8-9,11H,4-7H2,1H3. The molecule has 102 valence electrons. The van der Waals surface area contributed by atoms with Crippen molar-refractivity contribution in [2.75, 3.05) is 25.2 Å². The molecule has 1 aromatic carbocycles. The first-order valence-electron chi connectivity index (χ1n) is 6.17. The largest absolute Gasteiger partial charge is 0.381 e. The van der Waals surface area contributed by atoms with E-state index < -0.39 is 4.92 Å². The number of carbonyl (C=O) groups excluding carboxylic acids is 1. The van der Waals surface area contributed by atoms with Crippen molar-refractivity contribution >= 4 is 17.7 Å². The van der Waals surface area contributed by atoms with E-state index in [-0.39, 0.29) is 11.7 Å². The van der Waals surface area contributed by atoms with E-state index in [2.05, 4.69) is 0 Å². The fourth-order valence-electron chi connectivity index (χ4n) is 2.33. The van der Waals surface area contributed by atoms with Crippen molar-refractivity contribution in [3.8, 4) is 0 Å². The number of nitrogens with zero attached hydrogens (tertiary/aromatic N) is 2. The Morgan fingerprint density at radius 2 is 2.11 bits per heavy atom. The van der Waals surface area contributed by atoms with E-state index in [1.54, 1.807) is 12.1 Å². The Morgan fingerprint density at radius 1 is 1.42 bits per heavy atom. The highest BCUT2D eigenvalue weighted by Crippen LogP contribution is 2.31. The van der Waals surface area contributed by atoms with E-state index >= 15 is 0 Å². The van der Waals surface area contributed by atoms with Crippen LogP contribution in [0.3, 0.4) is 0 Å². The molecule has 0 spiro atoms. The number of carbonyl (C=O) groups is 1. The third-order valence-electron chi connectivity index (χ3n) is 3.45. The van der Waals surface area contributed by atoms with E-state index in [1.807, 2.05) is 11.9 Å². The summed E-state index contributed by atoms with van der Waals surface area (Å²) in [5.74, 6) is 0. The predicted molar refractivity (Wildman–Crippen MR) is 70.7 cm³/mol. The van der Waals surface area contributed by atoms with Gasteiger partial charge in [-0.05, 0) is 25.0 Å². The molecule has 0 N–H and O–H groups in total. The van der Waals surface area contributed by atoms with Crippen molar-refractivity contribution in [2.24, 2.45) is 0 Å². The molecule has 2 rings (SSSR count). The van der Waals surface area contributed by atoms with Crippen LogP contribution in [-0.4, -0.2) is 37.5 Å². The fourth-order valence-corrected chi connectivity index (χ4v) is 2.33. The van der Waals surface area contributed by atoms with Crippen molar-refractivity contribution in [2.45, 2.75) is 18.9 Å². The average molecular weight is 264 g/mol. The summed E-state index contributed by atoms with van der Waals surface area (Å²) in [7, 11) is 1.85. The van der Waals surface area contributed by atoms with Crippen molar-refractivity contribution in [1.82, 2.24) is 0 Å². The molecular weight excluding hydrogens is 248 g/mol. The summed E-state index contributed by atoms with van der Waals surface area (Å²) in [6.07, 6.45) is 2.32. The lowest BCUT2D eigenvalue weighted by Crippen LogP contribution is -2.36. The summed E-state index contributed by atoms with van der Waals surface area (Å²) in [5.41, 5.74) is 0.830. The zero-order valence-electron chi connectivity index (χ0n) is 10.7. The first kappa shape index (κ1) is 13.5. The summed E-state index contributed by atoms with van der Waals surface area (Å²) < 4.78 is 5.29. The van der Waals surface area contributed by atoms with Crippen LogP contribution in [0.2, 0.25) is 0 Å². The van der Waals surface area contributed by atoms with Crippen LogP contribution >= 0.6 is 0 Å². The quantitative estimate of drug-likeness (QED) is 0.472. The summed E-state index contributed by atoms with van der Waals surface area (Å²) >= 11 is 0. The van der Waals surface area contributed by atoms with Crippen LogP contribution in [0.4, 0.5) is 11.4 Å². The highest BCUT2D eigenvalue weighted by Gasteiger charge is 2.24. The maximum atomic E-state index is 11.1. The molecule has 0 aromatic heterocycles. The Kier molecular flexibility index (Phi) is 4.11. The van der Waals surface area contributed by atoms with Gasteiger partial charge in [-0.1, -0.05) is 0 Å². The van der Waals surface area contributed by atoms with Crippen molar-refractivity contribution in [3.63, 3.8) is 0 Å². The van der Waals surface area contributed by atoms with Gasteiger partial charge in [0.25, 0.3) is 5.69 Å². The van der Waals surface area contributed by atoms with Gasteiger partial charge in [-0.3, -0.25) is 14.9 Å². The molecule has 1 saturated heterocycles. The summed E-state index contributed by atoms with van der Waals surface area (Å²) in [4.78, 5) is 23.3. The lowest BCUT2D eigenvalue weighted by atomic mass is 10.1. The lowest BCUT2D eigenvalue weighted by Gasteiger charge is -2.32. The van der Waals surface area contributed by atoms with Crippen LogP contribution in [-0.2, 0) is 4.74 Å². The van der Waals surface area contributed by atoms with E-state index in [4.69, 9.17) is 4.74 Å². The molecule has 1 aliphatic rings. The first-order chi connectivity index (χ1) is 9.13. The van der Waals surface area contributed by atoms with Gasteiger partial charge < -0.3 is 9.64 Å². The normalized spacial score (nSPS) is 16.1. The topological polar surface area (TPSA) is 72.7 Å². The van der Waals surface area contributed by atoms with Gasteiger partial charge in [0.15, 0.2) is 0 Å². The Morgan fingerprint density at radius 3 is 2.68 bits per heavy atom. The van der Waals surface area contributed by atoms with Gasteiger partial charge in [0, 0.05) is 37.9 Å². The van der Waals surface area contributed by atoms with Gasteiger partial charge in [-0.2, -0.15) is 0 Å². The van der Waals surface area contributed by atoms with E-state index in [1.165, 1.54) is 6.07 Å². The number of ether oxygens (including phenoxy) is 1. The van der Waals surface area contributed by atoms with E-state index in [0.717, 1.165) is 12.8 Å². The summed E-state index contributed by atoms with van der Waals surface area (Å²) in [6.45, 7) is 1.35. The minimum Gasteiger partial charge on any atom is -0.381 e. The molecule has 1 aliphatic heterocycles. The first-order valence-corrected chi connectivity index (χ1v) is 6.17. The molecule has 0 saturated carbocycles. The molecule has 6 nitrogen and oxygen atoms in total. The zero-order valence-corrected chi connectivity index (χ0v) is 10.7. The molecule has 1 aromatic rings. The molecule has 0 amide bonds. The van der Waals surface area contributed by atoms with Gasteiger partial charge in [0.1, 0.15) is 12.0 Å². The Balaban J connectivity index is 2.31. The average Bonchev–Trinajstić information content (AvgIpc) is 2.46. The third-order valence-corrected chi connectivity index (χ3v) is 3.45. The number of rotatable bonds is 4. The second kappa shape index (κ2) is 5.79. The predicted octanol–water partition coefficient (Wildman–Crippen LogP) is 2.02.